The summed E-state index contributed by atoms with van der Waals surface area (Å²) in [6, 6.07) is 7.68. The number of nitrogens with zero attached hydrogens (tertiary/aromatic N) is 2. The molecule has 1 aromatic heterocycles. The Hall–Kier alpha value is -1.18. The summed E-state index contributed by atoms with van der Waals surface area (Å²) in [7, 11) is 0. The van der Waals surface area contributed by atoms with Crippen LogP contribution in [0.2, 0.25) is 0 Å². The van der Waals surface area contributed by atoms with Crippen molar-refractivity contribution in [2.45, 2.75) is 13.3 Å². The first-order valence-corrected chi connectivity index (χ1v) is 9.34. The minimum absolute atomic E-state index is 0. The van der Waals surface area contributed by atoms with Crippen molar-refractivity contribution in [3.63, 3.8) is 0 Å². The fourth-order valence-corrected chi connectivity index (χ4v) is 3.48. The molecule has 1 amide bonds. The van der Waals surface area contributed by atoms with Crippen LogP contribution in [0.1, 0.15) is 21.8 Å². The smallest absolute Gasteiger partial charge is 0.251 e. The Morgan fingerprint density at radius 1 is 1.31 bits per heavy atom. The van der Waals surface area contributed by atoms with Gasteiger partial charge in [0.1, 0.15) is 0 Å². The van der Waals surface area contributed by atoms with Crippen LogP contribution in [0.25, 0.3) is 11.3 Å². The van der Waals surface area contributed by atoms with Crippen molar-refractivity contribution in [2.24, 2.45) is 0 Å². The van der Waals surface area contributed by atoms with Crippen molar-refractivity contribution in [3.05, 3.63) is 40.2 Å². The number of carbonyl (C=O) groups excluding carboxylic acids is 1. The number of nitrogens with one attached hydrogen (secondary N) is 2. The Balaban J connectivity index is 0.00000169. The molecule has 8 heteroatoms. The van der Waals surface area contributed by atoms with Crippen LogP contribution in [0.5, 0.6) is 0 Å². The lowest BCUT2D eigenvalue weighted by atomic mass is 10.1. The van der Waals surface area contributed by atoms with Crippen LogP contribution >= 0.6 is 36.2 Å². The van der Waals surface area contributed by atoms with Gasteiger partial charge in [-0.15, -0.1) is 36.2 Å². The lowest BCUT2D eigenvalue weighted by Gasteiger charge is -2.27. The average molecular weight is 417 g/mol. The number of carbonyl (C=O) groups is 1. The number of thiazole rings is 1. The highest BCUT2D eigenvalue weighted by Gasteiger charge is 2.10. The largest absolute Gasteiger partial charge is 0.352 e. The predicted octanol–water partition coefficient (Wildman–Crippen LogP) is 2.99. The Kier molecular flexibility index (Phi) is 10.1. The second-order valence-electron chi connectivity index (χ2n) is 6.03. The van der Waals surface area contributed by atoms with Gasteiger partial charge in [-0.3, -0.25) is 4.79 Å². The van der Waals surface area contributed by atoms with E-state index in [1.165, 1.54) is 0 Å². The Bertz CT molecular complexity index is 689. The van der Waals surface area contributed by atoms with Crippen LogP contribution in [-0.2, 0) is 0 Å². The van der Waals surface area contributed by atoms with E-state index in [2.05, 4.69) is 20.5 Å². The molecule has 26 heavy (non-hydrogen) atoms. The number of aryl methyl sites for hydroxylation is 1. The molecule has 0 spiro atoms. The van der Waals surface area contributed by atoms with E-state index in [0.717, 1.165) is 55.4 Å². The normalized spacial score (nSPS) is 14.2. The van der Waals surface area contributed by atoms with E-state index in [9.17, 15) is 4.79 Å². The first-order chi connectivity index (χ1) is 11.7. The van der Waals surface area contributed by atoms with Gasteiger partial charge < -0.3 is 15.5 Å². The monoisotopic (exact) mass is 416 g/mol. The first-order valence-electron chi connectivity index (χ1n) is 8.46. The minimum Gasteiger partial charge on any atom is -0.352 e. The number of amides is 1. The molecule has 1 fully saturated rings. The quantitative estimate of drug-likeness (QED) is 0.710. The molecular weight excluding hydrogens is 391 g/mol. The molecule has 2 heterocycles. The number of hydrogen-bond acceptors (Lipinski definition) is 5. The van der Waals surface area contributed by atoms with Gasteiger partial charge in [0.05, 0.1) is 10.7 Å². The summed E-state index contributed by atoms with van der Waals surface area (Å²) in [5, 5.41) is 9.44. The molecule has 2 aromatic rings. The van der Waals surface area contributed by atoms with Crippen molar-refractivity contribution < 1.29 is 4.79 Å². The van der Waals surface area contributed by atoms with Gasteiger partial charge in [-0.2, -0.15) is 0 Å². The average Bonchev–Trinajstić information content (AvgIpc) is 3.06. The predicted molar refractivity (Wildman–Crippen MR) is 113 cm³/mol. The number of piperazine rings is 1. The third-order valence-electron chi connectivity index (χ3n) is 4.19. The molecule has 144 valence electrons. The molecule has 2 N–H and O–H groups in total. The van der Waals surface area contributed by atoms with E-state index >= 15 is 0 Å². The Labute approximate surface area is 171 Å². The molecule has 1 aromatic carbocycles. The van der Waals surface area contributed by atoms with E-state index in [1.54, 1.807) is 11.3 Å². The van der Waals surface area contributed by atoms with Crippen molar-refractivity contribution in [3.8, 4) is 11.3 Å². The van der Waals surface area contributed by atoms with Crippen LogP contribution in [-0.4, -0.2) is 55.1 Å². The Morgan fingerprint density at radius 2 is 2.08 bits per heavy atom. The van der Waals surface area contributed by atoms with E-state index < -0.39 is 0 Å². The van der Waals surface area contributed by atoms with Crippen LogP contribution in [0.4, 0.5) is 0 Å². The van der Waals surface area contributed by atoms with Crippen LogP contribution in [0.15, 0.2) is 29.6 Å². The van der Waals surface area contributed by atoms with E-state index in [1.807, 2.05) is 36.6 Å². The van der Waals surface area contributed by atoms with E-state index in [0.29, 0.717) is 12.1 Å². The second kappa shape index (κ2) is 11.5. The SMILES string of the molecule is Cc1nc(-c2cccc(C(=O)NCCCN3CCNCC3)c2)cs1.Cl.Cl. The van der Waals surface area contributed by atoms with Gasteiger partial charge in [-0.25, -0.2) is 4.98 Å². The second-order valence-corrected chi connectivity index (χ2v) is 7.10. The van der Waals surface area contributed by atoms with Crippen molar-refractivity contribution in [1.29, 1.82) is 0 Å². The molecule has 5 nitrogen and oxygen atoms in total. The number of hydrogen-bond donors (Lipinski definition) is 2. The minimum atomic E-state index is -0.0101. The molecule has 0 aliphatic carbocycles. The number of benzene rings is 1. The van der Waals surface area contributed by atoms with E-state index in [-0.39, 0.29) is 30.7 Å². The molecule has 1 aliphatic heterocycles. The third kappa shape index (κ3) is 6.52. The molecule has 1 saturated heterocycles. The zero-order valence-corrected chi connectivity index (χ0v) is 17.3. The van der Waals surface area contributed by atoms with Gasteiger partial charge in [0.25, 0.3) is 5.91 Å². The fourth-order valence-electron chi connectivity index (χ4n) is 2.86. The van der Waals surface area contributed by atoms with Crippen molar-refractivity contribution in [2.75, 3.05) is 39.3 Å². The summed E-state index contributed by atoms with van der Waals surface area (Å²) in [4.78, 5) is 19.3. The zero-order valence-electron chi connectivity index (χ0n) is 14.9. The van der Waals surface area contributed by atoms with Crippen molar-refractivity contribution >= 4 is 42.1 Å². The molecule has 0 atom stereocenters. The summed E-state index contributed by atoms with van der Waals surface area (Å²) in [6.07, 6.45) is 0.983. The molecule has 1 aliphatic rings. The Morgan fingerprint density at radius 3 is 2.77 bits per heavy atom. The summed E-state index contributed by atoms with van der Waals surface area (Å²) in [5.41, 5.74) is 2.62. The molecule has 0 unspecified atom stereocenters. The summed E-state index contributed by atoms with van der Waals surface area (Å²) in [5.74, 6) is -0.0101. The first kappa shape index (κ1) is 22.9. The summed E-state index contributed by atoms with van der Waals surface area (Å²) >= 11 is 1.62. The van der Waals surface area contributed by atoms with Crippen LogP contribution < -0.4 is 10.6 Å². The standard InChI is InChI=1S/C18H24N4OS.2ClH/c1-14-21-17(13-24-14)15-4-2-5-16(12-15)18(23)20-6-3-9-22-10-7-19-8-11-22;;/h2,4-5,12-13,19H,3,6-11H2,1H3,(H,20,23);2*1H. The third-order valence-corrected chi connectivity index (χ3v) is 4.96. The maximum absolute atomic E-state index is 12.3. The van der Waals surface area contributed by atoms with Gasteiger partial charge in [-0.1, -0.05) is 12.1 Å². The van der Waals surface area contributed by atoms with Gasteiger partial charge >= 0.3 is 0 Å². The topological polar surface area (TPSA) is 57.3 Å². The maximum atomic E-state index is 12.3. The highest BCUT2D eigenvalue weighted by molar-refractivity contribution is 7.09. The highest BCUT2D eigenvalue weighted by Crippen LogP contribution is 2.22. The van der Waals surface area contributed by atoms with Gasteiger partial charge in [0.2, 0.25) is 0 Å². The highest BCUT2D eigenvalue weighted by atomic mass is 35.5. The van der Waals surface area contributed by atoms with Gasteiger partial charge in [-0.05, 0) is 32.0 Å². The number of aromatic nitrogens is 1. The molecule has 0 radical (unpaired) electrons. The lowest BCUT2D eigenvalue weighted by Crippen LogP contribution is -2.44. The lowest BCUT2D eigenvalue weighted by molar-refractivity contribution is 0.0951. The maximum Gasteiger partial charge on any atom is 0.251 e. The summed E-state index contributed by atoms with van der Waals surface area (Å²) in [6.45, 7) is 8.07. The fraction of sp³-hybridized carbons (Fsp3) is 0.444. The van der Waals surface area contributed by atoms with Crippen molar-refractivity contribution in [1.82, 2.24) is 20.5 Å². The molecule has 0 saturated carbocycles. The van der Waals surface area contributed by atoms with Gasteiger partial charge in [0, 0.05) is 49.2 Å². The van der Waals surface area contributed by atoms with Crippen LogP contribution in [0, 0.1) is 6.92 Å². The van der Waals surface area contributed by atoms with Gasteiger partial charge in [0.15, 0.2) is 0 Å². The van der Waals surface area contributed by atoms with E-state index in [4.69, 9.17) is 0 Å². The number of halogens is 2. The summed E-state index contributed by atoms with van der Waals surface area (Å²) < 4.78 is 0. The molecular formula is C18H26Cl2N4OS. The zero-order chi connectivity index (χ0) is 16.8. The molecule has 3 rings (SSSR count). The van der Waals surface area contributed by atoms with Crippen LogP contribution in [0.3, 0.4) is 0 Å². The number of rotatable bonds is 6. The molecule has 0 bridgehead atoms.